The van der Waals surface area contributed by atoms with E-state index in [1.54, 1.807) is 38.1 Å². The summed E-state index contributed by atoms with van der Waals surface area (Å²) in [5.74, 6) is -4.35. The minimum absolute atomic E-state index is 0.139. The number of carboxylic acid groups (broad SMARTS) is 1. The topological polar surface area (TPSA) is 194 Å². The minimum atomic E-state index is -1.37. The summed E-state index contributed by atoms with van der Waals surface area (Å²) >= 11 is 4.08. The first-order valence-electron chi connectivity index (χ1n) is 10.8. The quantitative estimate of drug-likeness (QED) is 0.160. The van der Waals surface area contributed by atoms with Gasteiger partial charge < -0.3 is 32.5 Å². The highest BCUT2D eigenvalue weighted by Gasteiger charge is 2.30. The van der Waals surface area contributed by atoms with Crippen LogP contribution < -0.4 is 27.4 Å². The van der Waals surface area contributed by atoms with Gasteiger partial charge in [-0.15, -0.1) is 0 Å². The van der Waals surface area contributed by atoms with E-state index in [1.165, 1.54) is 0 Å². The van der Waals surface area contributed by atoms with Gasteiger partial charge in [-0.3, -0.25) is 19.2 Å². The van der Waals surface area contributed by atoms with E-state index >= 15 is 0 Å². The summed E-state index contributed by atoms with van der Waals surface area (Å²) in [6.45, 7) is 3.55. The fourth-order valence-electron chi connectivity index (χ4n) is 2.91. The number of hydrogen-bond donors (Lipinski definition) is 7. The lowest BCUT2D eigenvalue weighted by molar-refractivity contribution is -0.142. The normalized spacial score (nSPS) is 14.4. The van der Waals surface area contributed by atoms with Gasteiger partial charge in [-0.2, -0.15) is 12.6 Å². The van der Waals surface area contributed by atoms with Crippen molar-refractivity contribution in [3.05, 3.63) is 35.9 Å². The zero-order valence-corrected chi connectivity index (χ0v) is 20.1. The maximum absolute atomic E-state index is 13.0. The van der Waals surface area contributed by atoms with Crippen LogP contribution in [-0.2, 0) is 30.4 Å². The second-order valence-corrected chi connectivity index (χ2v) is 8.53. The molecule has 8 N–H and O–H groups in total. The van der Waals surface area contributed by atoms with Crippen molar-refractivity contribution in [3.63, 3.8) is 0 Å². The van der Waals surface area contributed by atoms with E-state index < -0.39 is 53.8 Å². The second-order valence-electron chi connectivity index (χ2n) is 8.17. The van der Waals surface area contributed by atoms with E-state index in [2.05, 4.69) is 28.6 Å². The van der Waals surface area contributed by atoms with Crippen LogP contribution >= 0.6 is 12.6 Å². The zero-order valence-electron chi connectivity index (χ0n) is 19.2. The molecule has 34 heavy (non-hydrogen) atoms. The molecule has 11 nitrogen and oxygen atoms in total. The third-order valence-electron chi connectivity index (χ3n) is 5.05. The third-order valence-corrected chi connectivity index (χ3v) is 5.41. The van der Waals surface area contributed by atoms with Crippen molar-refractivity contribution >= 4 is 42.2 Å². The van der Waals surface area contributed by atoms with Crippen molar-refractivity contribution in [2.75, 3.05) is 5.75 Å². The summed E-state index contributed by atoms with van der Waals surface area (Å²) in [6.07, 6.45) is -0.305. The molecule has 188 valence electrons. The van der Waals surface area contributed by atoms with Crippen LogP contribution in [0.2, 0.25) is 0 Å². The van der Waals surface area contributed by atoms with Crippen molar-refractivity contribution in [1.82, 2.24) is 16.0 Å². The van der Waals surface area contributed by atoms with Crippen LogP contribution in [0.3, 0.4) is 0 Å². The summed E-state index contributed by atoms with van der Waals surface area (Å²) in [7, 11) is 0. The molecule has 0 aliphatic heterocycles. The lowest BCUT2D eigenvalue weighted by atomic mass is 10.0. The molecule has 1 rings (SSSR count). The van der Waals surface area contributed by atoms with Crippen molar-refractivity contribution in [1.29, 1.82) is 0 Å². The van der Waals surface area contributed by atoms with E-state index in [0.717, 1.165) is 5.56 Å². The summed E-state index contributed by atoms with van der Waals surface area (Å²) in [5.41, 5.74) is 11.7. The largest absolute Gasteiger partial charge is 0.480 e. The summed E-state index contributed by atoms with van der Waals surface area (Å²) in [5, 5.41) is 16.7. The highest BCUT2D eigenvalue weighted by molar-refractivity contribution is 7.80. The molecule has 0 aliphatic carbocycles. The molecule has 4 unspecified atom stereocenters. The van der Waals surface area contributed by atoms with Crippen LogP contribution in [0.1, 0.15) is 32.3 Å². The Morgan fingerprint density at radius 1 is 0.912 bits per heavy atom. The fourth-order valence-corrected chi connectivity index (χ4v) is 3.17. The van der Waals surface area contributed by atoms with Crippen molar-refractivity contribution in [2.45, 2.75) is 57.3 Å². The number of carbonyl (C=O) groups excluding carboxylic acids is 4. The number of thiol groups is 1. The predicted molar refractivity (Wildman–Crippen MR) is 129 cm³/mol. The molecule has 0 fully saturated rings. The Bertz CT molecular complexity index is 867. The number of carbonyl (C=O) groups is 5. The lowest BCUT2D eigenvalue weighted by Crippen LogP contribution is -2.58. The molecule has 0 spiro atoms. The number of benzene rings is 1. The third kappa shape index (κ3) is 9.79. The Balaban J connectivity index is 2.97. The van der Waals surface area contributed by atoms with Gasteiger partial charge in [0, 0.05) is 18.6 Å². The first-order valence-corrected chi connectivity index (χ1v) is 11.4. The number of aliphatic carboxylic acids is 1. The average Bonchev–Trinajstić information content (AvgIpc) is 2.78. The number of nitrogens with two attached hydrogens (primary N) is 2. The van der Waals surface area contributed by atoms with Crippen LogP contribution in [0.5, 0.6) is 0 Å². The van der Waals surface area contributed by atoms with E-state index in [-0.39, 0.29) is 30.9 Å². The van der Waals surface area contributed by atoms with Crippen molar-refractivity contribution < 1.29 is 29.1 Å². The predicted octanol–water partition coefficient (Wildman–Crippen LogP) is -1.05. The molecule has 0 aromatic heterocycles. The van der Waals surface area contributed by atoms with Gasteiger partial charge in [0.2, 0.25) is 23.6 Å². The number of carboxylic acids is 1. The number of rotatable bonds is 14. The molecular weight excluding hydrogens is 462 g/mol. The van der Waals surface area contributed by atoms with Crippen molar-refractivity contribution in [2.24, 2.45) is 17.4 Å². The molecular formula is C22H33N5O6S. The van der Waals surface area contributed by atoms with Gasteiger partial charge in [-0.1, -0.05) is 44.2 Å². The zero-order chi connectivity index (χ0) is 25.8. The maximum Gasteiger partial charge on any atom is 0.326 e. The fraction of sp³-hybridized carbons (Fsp3) is 0.500. The van der Waals surface area contributed by atoms with Gasteiger partial charge in [-0.05, 0) is 17.9 Å². The molecule has 4 amide bonds. The summed E-state index contributed by atoms with van der Waals surface area (Å²) < 4.78 is 0. The molecule has 4 atom stereocenters. The van der Waals surface area contributed by atoms with Gasteiger partial charge in [0.1, 0.15) is 18.1 Å². The number of hydrogen-bond acceptors (Lipinski definition) is 7. The second kappa shape index (κ2) is 14.2. The molecule has 0 saturated heterocycles. The lowest BCUT2D eigenvalue weighted by Gasteiger charge is -2.25. The van der Waals surface area contributed by atoms with Gasteiger partial charge in [0.15, 0.2) is 0 Å². The monoisotopic (exact) mass is 495 g/mol. The average molecular weight is 496 g/mol. The van der Waals surface area contributed by atoms with Crippen LogP contribution in [0, 0.1) is 5.92 Å². The smallest absolute Gasteiger partial charge is 0.326 e. The molecule has 0 heterocycles. The Kier molecular flexibility index (Phi) is 12.1. The van der Waals surface area contributed by atoms with Gasteiger partial charge in [0.25, 0.3) is 0 Å². The first kappa shape index (κ1) is 28.9. The Labute approximate surface area is 203 Å². The van der Waals surface area contributed by atoms with Gasteiger partial charge >= 0.3 is 5.97 Å². The number of primary amides is 1. The van der Waals surface area contributed by atoms with E-state index in [1.807, 2.05) is 6.07 Å². The van der Waals surface area contributed by atoms with Crippen LogP contribution in [0.15, 0.2) is 30.3 Å². The number of amides is 4. The number of nitrogens with one attached hydrogen (secondary N) is 3. The highest BCUT2D eigenvalue weighted by atomic mass is 32.1. The van der Waals surface area contributed by atoms with Gasteiger partial charge in [-0.25, -0.2) is 4.79 Å². The molecule has 0 saturated carbocycles. The Morgan fingerprint density at radius 3 is 1.94 bits per heavy atom. The minimum Gasteiger partial charge on any atom is -0.480 e. The highest BCUT2D eigenvalue weighted by Crippen LogP contribution is 2.07. The maximum atomic E-state index is 13.0. The molecule has 12 heteroatoms. The standard InChI is InChI=1S/C22H33N5O6S/c1-12(2)18(24)21(31)26-15(10-13-6-4-3-5-7-13)19(29)27-16(11-34)20(30)25-14(22(32)33)8-9-17(23)28/h3-7,12,14-16,18,34H,8-11,24H2,1-2H3,(H2,23,28)(H,25,30)(H,26,31)(H,27,29)(H,32,33). The van der Waals surface area contributed by atoms with E-state index in [0.29, 0.717) is 0 Å². The van der Waals surface area contributed by atoms with E-state index in [9.17, 15) is 29.1 Å². The Hall–Kier alpha value is -3.12. The molecule has 0 aliphatic rings. The van der Waals surface area contributed by atoms with Crippen LogP contribution in [0.25, 0.3) is 0 Å². The van der Waals surface area contributed by atoms with Crippen molar-refractivity contribution in [3.8, 4) is 0 Å². The molecule has 1 aromatic rings. The Morgan fingerprint density at radius 2 is 1.44 bits per heavy atom. The summed E-state index contributed by atoms with van der Waals surface area (Å²) in [4.78, 5) is 60.5. The van der Waals surface area contributed by atoms with Crippen LogP contribution in [0.4, 0.5) is 0 Å². The molecule has 1 aromatic carbocycles. The first-order chi connectivity index (χ1) is 16.0. The SMILES string of the molecule is CC(C)C(N)C(=O)NC(Cc1ccccc1)C(=O)NC(CS)C(=O)NC(CCC(N)=O)C(=O)O. The van der Waals surface area contributed by atoms with Gasteiger partial charge in [0.05, 0.1) is 6.04 Å². The summed E-state index contributed by atoms with van der Waals surface area (Å²) in [6, 6.07) is 4.51. The molecule has 0 radical (unpaired) electrons. The molecule has 0 bridgehead atoms. The van der Waals surface area contributed by atoms with Crippen LogP contribution in [-0.4, -0.2) is 64.6 Å². The van der Waals surface area contributed by atoms with E-state index in [4.69, 9.17) is 11.5 Å².